The molecule has 1 aromatic carbocycles. The standard InChI is InChI=1S/C12H11NO.C3H6O2/c1-2-5-11(6-3-1)10-14-12-7-4-8-13-9-12;1-2-5-3-4/h1-9H,10H2;3H,2H2,1H3. The smallest absolute Gasteiger partial charge is 0.293 e. The number of carbonyl (C=O) groups is 1. The Morgan fingerprint density at radius 3 is 2.47 bits per heavy atom. The van der Waals surface area contributed by atoms with Crippen molar-refractivity contribution in [3.63, 3.8) is 0 Å². The lowest BCUT2D eigenvalue weighted by molar-refractivity contribution is -0.128. The Morgan fingerprint density at radius 2 is 1.95 bits per heavy atom. The first-order valence-corrected chi connectivity index (χ1v) is 5.98. The van der Waals surface area contributed by atoms with Gasteiger partial charge in [0.1, 0.15) is 12.4 Å². The van der Waals surface area contributed by atoms with Crippen LogP contribution in [-0.2, 0) is 16.1 Å². The minimum Gasteiger partial charge on any atom is -0.487 e. The van der Waals surface area contributed by atoms with Gasteiger partial charge in [-0.25, -0.2) is 0 Å². The fraction of sp³-hybridized carbons (Fsp3) is 0.200. The van der Waals surface area contributed by atoms with Crippen molar-refractivity contribution in [1.29, 1.82) is 0 Å². The Hall–Kier alpha value is -2.36. The first kappa shape index (κ1) is 14.7. The fourth-order valence-corrected chi connectivity index (χ4v) is 1.24. The van der Waals surface area contributed by atoms with Crippen LogP contribution in [0.15, 0.2) is 54.9 Å². The molecule has 19 heavy (non-hydrogen) atoms. The normalized spacial score (nSPS) is 8.89. The molecule has 0 amide bonds. The van der Waals surface area contributed by atoms with Gasteiger partial charge >= 0.3 is 0 Å². The second kappa shape index (κ2) is 9.65. The molecule has 1 aromatic heterocycles. The SMILES string of the molecule is CCOC=O.c1ccc(COc2cccnc2)cc1. The van der Waals surface area contributed by atoms with Crippen molar-refractivity contribution in [2.75, 3.05) is 6.61 Å². The third-order valence-electron chi connectivity index (χ3n) is 2.12. The maximum absolute atomic E-state index is 9.18. The molecule has 1 heterocycles. The summed E-state index contributed by atoms with van der Waals surface area (Å²) < 4.78 is 9.68. The lowest BCUT2D eigenvalue weighted by atomic mass is 10.2. The quantitative estimate of drug-likeness (QED) is 0.775. The molecule has 100 valence electrons. The Balaban J connectivity index is 0.000000312. The molecule has 0 aliphatic carbocycles. The van der Waals surface area contributed by atoms with Crippen molar-refractivity contribution in [2.24, 2.45) is 0 Å². The van der Waals surface area contributed by atoms with E-state index in [9.17, 15) is 4.79 Å². The number of pyridine rings is 1. The number of nitrogens with zero attached hydrogens (tertiary/aromatic N) is 1. The number of hydrogen-bond donors (Lipinski definition) is 0. The van der Waals surface area contributed by atoms with Crippen molar-refractivity contribution in [3.05, 3.63) is 60.4 Å². The van der Waals surface area contributed by atoms with E-state index in [1.165, 1.54) is 0 Å². The van der Waals surface area contributed by atoms with E-state index < -0.39 is 0 Å². The van der Waals surface area contributed by atoms with Gasteiger partial charge in [0.2, 0.25) is 0 Å². The number of benzene rings is 1. The molecule has 0 saturated carbocycles. The van der Waals surface area contributed by atoms with E-state index in [2.05, 4.69) is 9.72 Å². The third kappa shape index (κ3) is 6.83. The van der Waals surface area contributed by atoms with Crippen LogP contribution in [0.4, 0.5) is 0 Å². The molecule has 0 spiro atoms. The van der Waals surface area contributed by atoms with Gasteiger partial charge in [-0.15, -0.1) is 0 Å². The molecule has 4 nitrogen and oxygen atoms in total. The van der Waals surface area contributed by atoms with Crippen LogP contribution >= 0.6 is 0 Å². The molecule has 4 heteroatoms. The van der Waals surface area contributed by atoms with Gasteiger partial charge < -0.3 is 9.47 Å². The van der Waals surface area contributed by atoms with Crippen LogP contribution in [0.1, 0.15) is 12.5 Å². The van der Waals surface area contributed by atoms with E-state index in [0.29, 0.717) is 19.7 Å². The zero-order valence-corrected chi connectivity index (χ0v) is 10.9. The highest BCUT2D eigenvalue weighted by molar-refractivity contribution is 5.36. The van der Waals surface area contributed by atoms with Crippen LogP contribution in [0.2, 0.25) is 0 Å². The molecular formula is C15H17NO3. The summed E-state index contributed by atoms with van der Waals surface area (Å²) in [7, 11) is 0. The van der Waals surface area contributed by atoms with Crippen LogP contribution in [0.3, 0.4) is 0 Å². The predicted molar refractivity (Wildman–Crippen MR) is 72.7 cm³/mol. The molecule has 0 atom stereocenters. The molecule has 2 rings (SSSR count). The molecule has 0 aliphatic rings. The van der Waals surface area contributed by atoms with E-state index in [-0.39, 0.29) is 0 Å². The predicted octanol–water partition coefficient (Wildman–Crippen LogP) is 2.84. The second-order valence-electron chi connectivity index (χ2n) is 3.51. The largest absolute Gasteiger partial charge is 0.487 e. The Kier molecular flexibility index (Phi) is 7.46. The number of aromatic nitrogens is 1. The molecule has 0 aliphatic heterocycles. The van der Waals surface area contributed by atoms with Gasteiger partial charge in [-0.1, -0.05) is 30.3 Å². The van der Waals surface area contributed by atoms with E-state index in [1.807, 2.05) is 42.5 Å². The van der Waals surface area contributed by atoms with Crippen LogP contribution < -0.4 is 4.74 Å². The summed E-state index contributed by atoms with van der Waals surface area (Å²) in [6.45, 7) is 3.25. The lowest BCUT2D eigenvalue weighted by Crippen LogP contribution is -1.94. The first-order valence-electron chi connectivity index (χ1n) is 5.98. The van der Waals surface area contributed by atoms with Crippen molar-refractivity contribution in [3.8, 4) is 5.75 Å². The highest BCUT2D eigenvalue weighted by Gasteiger charge is 1.93. The van der Waals surface area contributed by atoms with Crippen LogP contribution in [0, 0.1) is 0 Å². The molecule has 0 N–H and O–H groups in total. The maximum Gasteiger partial charge on any atom is 0.293 e. The number of hydrogen-bond acceptors (Lipinski definition) is 4. The summed E-state index contributed by atoms with van der Waals surface area (Å²) in [5.74, 6) is 0.802. The summed E-state index contributed by atoms with van der Waals surface area (Å²) in [6, 6.07) is 13.8. The molecule has 0 unspecified atom stereocenters. The van der Waals surface area contributed by atoms with E-state index >= 15 is 0 Å². The minimum atomic E-state index is 0.431. The Morgan fingerprint density at radius 1 is 1.16 bits per heavy atom. The average molecular weight is 259 g/mol. The maximum atomic E-state index is 9.18. The Labute approximate surface area is 113 Å². The summed E-state index contributed by atoms with van der Waals surface area (Å²) in [5.41, 5.74) is 1.16. The number of rotatable bonds is 5. The van der Waals surface area contributed by atoms with Crippen molar-refractivity contribution in [2.45, 2.75) is 13.5 Å². The van der Waals surface area contributed by atoms with E-state index in [1.54, 1.807) is 19.3 Å². The zero-order valence-electron chi connectivity index (χ0n) is 10.9. The molecule has 2 aromatic rings. The topological polar surface area (TPSA) is 48.4 Å². The summed E-state index contributed by atoms with van der Waals surface area (Å²) >= 11 is 0. The van der Waals surface area contributed by atoms with Gasteiger partial charge in [0.05, 0.1) is 12.8 Å². The number of carbonyl (C=O) groups excluding carboxylic acids is 1. The van der Waals surface area contributed by atoms with E-state index in [0.717, 1.165) is 11.3 Å². The van der Waals surface area contributed by atoms with E-state index in [4.69, 9.17) is 4.74 Å². The second-order valence-corrected chi connectivity index (χ2v) is 3.51. The monoisotopic (exact) mass is 259 g/mol. The Bertz CT molecular complexity index is 406. The van der Waals surface area contributed by atoms with Gasteiger partial charge in [0.25, 0.3) is 6.47 Å². The van der Waals surface area contributed by atoms with Gasteiger partial charge in [-0.3, -0.25) is 9.78 Å². The average Bonchev–Trinajstić information content (AvgIpc) is 2.49. The fourth-order valence-electron chi connectivity index (χ4n) is 1.24. The highest BCUT2D eigenvalue weighted by atomic mass is 16.5. The first-order chi connectivity index (χ1) is 9.36. The molecular weight excluding hydrogens is 242 g/mol. The summed E-state index contributed by atoms with van der Waals surface area (Å²) in [6.07, 6.45) is 3.44. The highest BCUT2D eigenvalue weighted by Crippen LogP contribution is 2.09. The van der Waals surface area contributed by atoms with Crippen molar-refractivity contribution >= 4 is 6.47 Å². The summed E-state index contributed by atoms with van der Waals surface area (Å²) in [4.78, 5) is 13.2. The van der Waals surface area contributed by atoms with Crippen LogP contribution in [0.25, 0.3) is 0 Å². The molecule has 0 radical (unpaired) electrons. The van der Waals surface area contributed by atoms with Crippen LogP contribution in [-0.4, -0.2) is 18.1 Å². The van der Waals surface area contributed by atoms with Gasteiger partial charge in [0, 0.05) is 6.20 Å². The van der Waals surface area contributed by atoms with Crippen molar-refractivity contribution in [1.82, 2.24) is 4.98 Å². The molecule has 0 fully saturated rings. The lowest BCUT2D eigenvalue weighted by Gasteiger charge is -2.04. The minimum absolute atomic E-state index is 0.431. The zero-order chi connectivity index (χ0) is 13.8. The summed E-state index contributed by atoms with van der Waals surface area (Å²) in [5, 5.41) is 0. The van der Waals surface area contributed by atoms with Gasteiger partial charge in [-0.05, 0) is 24.6 Å². The molecule has 0 saturated heterocycles. The van der Waals surface area contributed by atoms with Gasteiger partial charge in [-0.2, -0.15) is 0 Å². The van der Waals surface area contributed by atoms with Gasteiger partial charge in [0.15, 0.2) is 0 Å². The van der Waals surface area contributed by atoms with Crippen LogP contribution in [0.5, 0.6) is 5.75 Å². The number of ether oxygens (including phenoxy) is 2. The third-order valence-corrected chi connectivity index (χ3v) is 2.12. The molecule has 0 bridgehead atoms. The van der Waals surface area contributed by atoms with Crippen molar-refractivity contribution < 1.29 is 14.3 Å².